The molecule has 1 aromatic heterocycles. The molecule has 148 valence electrons. The van der Waals surface area contributed by atoms with Crippen molar-refractivity contribution in [2.24, 2.45) is 0 Å². The maximum atomic E-state index is 12.7. The van der Waals surface area contributed by atoms with E-state index >= 15 is 0 Å². The summed E-state index contributed by atoms with van der Waals surface area (Å²) < 4.78 is 0. The molecule has 1 aromatic rings. The Balaban J connectivity index is 1.54. The minimum atomic E-state index is -0.473. The van der Waals surface area contributed by atoms with Crippen LogP contribution in [0.5, 0.6) is 0 Å². The Kier molecular flexibility index (Phi) is 6.79. The molecular formula is C20H30N4O3. The largest absolute Gasteiger partial charge is 0.392 e. The van der Waals surface area contributed by atoms with Crippen molar-refractivity contribution in [2.45, 2.75) is 63.8 Å². The number of aliphatic hydroxyl groups is 1. The van der Waals surface area contributed by atoms with E-state index in [1.54, 1.807) is 12.4 Å². The van der Waals surface area contributed by atoms with Crippen molar-refractivity contribution in [3.8, 4) is 0 Å². The van der Waals surface area contributed by atoms with Crippen LogP contribution < -0.4 is 5.32 Å². The van der Waals surface area contributed by atoms with Gasteiger partial charge in [-0.2, -0.15) is 0 Å². The van der Waals surface area contributed by atoms with E-state index in [-0.39, 0.29) is 23.9 Å². The number of β-amino-alcohol motifs (C(OH)–C–C–N with tert-alkyl or cyclic N) is 1. The Bertz CT molecular complexity index is 631. The summed E-state index contributed by atoms with van der Waals surface area (Å²) in [6.07, 6.45) is 6.63. The monoisotopic (exact) mass is 374 g/mol. The van der Waals surface area contributed by atoms with Gasteiger partial charge in [-0.25, -0.2) is 0 Å². The lowest BCUT2D eigenvalue weighted by atomic mass is 10.0. The molecule has 0 bridgehead atoms. The molecule has 2 saturated heterocycles. The summed E-state index contributed by atoms with van der Waals surface area (Å²) >= 11 is 0. The first-order chi connectivity index (χ1) is 13.1. The number of amides is 2. The lowest BCUT2D eigenvalue weighted by molar-refractivity contribution is -0.134. The maximum absolute atomic E-state index is 12.7. The number of hydrogen-bond donors (Lipinski definition) is 2. The lowest BCUT2D eigenvalue weighted by Gasteiger charge is -2.39. The van der Waals surface area contributed by atoms with Gasteiger partial charge in [0.05, 0.1) is 12.1 Å². The predicted molar refractivity (Wildman–Crippen MR) is 102 cm³/mol. The van der Waals surface area contributed by atoms with Crippen molar-refractivity contribution >= 4 is 11.8 Å². The van der Waals surface area contributed by atoms with Gasteiger partial charge in [0.25, 0.3) is 0 Å². The Morgan fingerprint density at radius 1 is 1.33 bits per heavy atom. The summed E-state index contributed by atoms with van der Waals surface area (Å²) in [4.78, 5) is 32.9. The van der Waals surface area contributed by atoms with Gasteiger partial charge in [0.2, 0.25) is 11.8 Å². The summed E-state index contributed by atoms with van der Waals surface area (Å²) in [5, 5.41) is 13.1. The van der Waals surface area contributed by atoms with Crippen LogP contribution >= 0.6 is 0 Å². The highest BCUT2D eigenvalue weighted by Crippen LogP contribution is 2.27. The number of likely N-dealkylation sites (tertiary alicyclic amines) is 2. The van der Waals surface area contributed by atoms with Crippen molar-refractivity contribution in [1.82, 2.24) is 20.1 Å². The molecule has 7 nitrogen and oxygen atoms in total. The van der Waals surface area contributed by atoms with Crippen molar-refractivity contribution in [3.63, 3.8) is 0 Å². The second-order valence-electron chi connectivity index (χ2n) is 7.54. The Morgan fingerprint density at radius 2 is 2.11 bits per heavy atom. The zero-order chi connectivity index (χ0) is 19.2. The van der Waals surface area contributed by atoms with Gasteiger partial charge in [0, 0.05) is 51.0 Å². The minimum Gasteiger partial charge on any atom is -0.392 e. The van der Waals surface area contributed by atoms with Crippen LogP contribution in [0.3, 0.4) is 0 Å². The van der Waals surface area contributed by atoms with E-state index in [1.165, 1.54) is 0 Å². The molecule has 0 aromatic carbocycles. The third kappa shape index (κ3) is 5.05. The number of piperidine rings is 1. The van der Waals surface area contributed by atoms with E-state index in [2.05, 4.69) is 15.2 Å². The number of nitrogens with one attached hydrogen (secondary N) is 1. The molecule has 2 fully saturated rings. The second-order valence-corrected chi connectivity index (χ2v) is 7.54. The smallest absolute Gasteiger partial charge is 0.237 e. The fraction of sp³-hybridized carbons (Fsp3) is 0.650. The molecule has 2 atom stereocenters. The van der Waals surface area contributed by atoms with Crippen LogP contribution in [0.1, 0.15) is 44.6 Å². The third-order valence-corrected chi connectivity index (χ3v) is 5.56. The SMILES string of the molecule is CCCC(=O)N1CCC(N2CC(O)CC2C(=O)NCc2cccnc2)CC1. The van der Waals surface area contributed by atoms with Crippen LogP contribution in [-0.4, -0.2) is 69.5 Å². The fourth-order valence-electron chi connectivity index (χ4n) is 4.13. The average Bonchev–Trinajstić information content (AvgIpc) is 3.09. The molecule has 2 N–H and O–H groups in total. The summed E-state index contributed by atoms with van der Waals surface area (Å²) in [7, 11) is 0. The number of carbonyl (C=O) groups excluding carboxylic acids is 2. The molecule has 3 heterocycles. The zero-order valence-electron chi connectivity index (χ0n) is 16.0. The van der Waals surface area contributed by atoms with Crippen molar-refractivity contribution in [3.05, 3.63) is 30.1 Å². The highest BCUT2D eigenvalue weighted by Gasteiger charge is 2.40. The van der Waals surface area contributed by atoms with Crippen LogP contribution in [-0.2, 0) is 16.1 Å². The first-order valence-corrected chi connectivity index (χ1v) is 9.96. The fourth-order valence-corrected chi connectivity index (χ4v) is 4.13. The number of aliphatic hydroxyl groups excluding tert-OH is 1. The van der Waals surface area contributed by atoms with Crippen molar-refractivity contribution in [2.75, 3.05) is 19.6 Å². The van der Waals surface area contributed by atoms with Crippen LogP contribution in [0.25, 0.3) is 0 Å². The van der Waals surface area contributed by atoms with Crippen molar-refractivity contribution < 1.29 is 14.7 Å². The number of pyridine rings is 1. The van der Waals surface area contributed by atoms with E-state index in [0.29, 0.717) is 25.9 Å². The van der Waals surface area contributed by atoms with Gasteiger partial charge in [-0.3, -0.25) is 19.5 Å². The first-order valence-electron chi connectivity index (χ1n) is 9.96. The van der Waals surface area contributed by atoms with Gasteiger partial charge in [-0.15, -0.1) is 0 Å². The van der Waals surface area contributed by atoms with E-state index in [9.17, 15) is 14.7 Å². The molecule has 2 aliphatic heterocycles. The number of carbonyl (C=O) groups is 2. The van der Waals surface area contributed by atoms with Crippen molar-refractivity contribution in [1.29, 1.82) is 0 Å². The van der Waals surface area contributed by atoms with Gasteiger partial charge in [0.1, 0.15) is 0 Å². The average molecular weight is 374 g/mol. The van der Waals surface area contributed by atoms with Crippen LogP contribution in [0.15, 0.2) is 24.5 Å². The van der Waals surface area contributed by atoms with E-state index in [4.69, 9.17) is 0 Å². The van der Waals surface area contributed by atoms with E-state index in [1.807, 2.05) is 24.0 Å². The first kappa shape index (κ1) is 19.8. The Hall–Kier alpha value is -1.99. The molecular weight excluding hydrogens is 344 g/mol. The number of nitrogens with zero attached hydrogens (tertiary/aromatic N) is 3. The molecule has 0 aliphatic carbocycles. The van der Waals surface area contributed by atoms with Gasteiger partial charge in [-0.1, -0.05) is 13.0 Å². The number of rotatable bonds is 6. The van der Waals surface area contributed by atoms with Gasteiger partial charge in [0.15, 0.2) is 0 Å². The summed E-state index contributed by atoms with van der Waals surface area (Å²) in [5.74, 6) is 0.183. The Labute approximate surface area is 160 Å². The number of aromatic nitrogens is 1. The summed E-state index contributed by atoms with van der Waals surface area (Å²) in [5.41, 5.74) is 0.957. The maximum Gasteiger partial charge on any atom is 0.237 e. The highest BCUT2D eigenvalue weighted by atomic mass is 16.3. The van der Waals surface area contributed by atoms with Crippen LogP contribution in [0, 0.1) is 0 Å². The zero-order valence-corrected chi connectivity index (χ0v) is 16.0. The molecule has 0 radical (unpaired) electrons. The van der Waals surface area contributed by atoms with Gasteiger partial charge < -0.3 is 15.3 Å². The molecule has 2 unspecified atom stereocenters. The highest BCUT2D eigenvalue weighted by molar-refractivity contribution is 5.82. The van der Waals surface area contributed by atoms with E-state index in [0.717, 1.165) is 37.9 Å². The number of hydrogen-bond acceptors (Lipinski definition) is 5. The predicted octanol–water partition coefficient (Wildman–Crippen LogP) is 0.924. The van der Waals surface area contributed by atoms with Gasteiger partial charge in [-0.05, 0) is 37.3 Å². The Morgan fingerprint density at radius 3 is 2.78 bits per heavy atom. The quantitative estimate of drug-likeness (QED) is 0.774. The van der Waals surface area contributed by atoms with Crippen LogP contribution in [0.4, 0.5) is 0 Å². The molecule has 2 amide bonds. The molecule has 2 aliphatic rings. The summed E-state index contributed by atoms with van der Waals surface area (Å²) in [6, 6.07) is 3.71. The molecule has 0 spiro atoms. The van der Waals surface area contributed by atoms with Crippen LogP contribution in [0.2, 0.25) is 0 Å². The molecule has 3 rings (SSSR count). The second kappa shape index (κ2) is 9.28. The molecule has 0 saturated carbocycles. The summed E-state index contributed by atoms with van der Waals surface area (Å²) in [6.45, 7) is 4.46. The minimum absolute atomic E-state index is 0.0418. The van der Waals surface area contributed by atoms with E-state index < -0.39 is 6.10 Å². The van der Waals surface area contributed by atoms with Gasteiger partial charge >= 0.3 is 0 Å². The lowest BCUT2D eigenvalue weighted by Crippen LogP contribution is -2.52. The topological polar surface area (TPSA) is 85.8 Å². The normalized spacial score (nSPS) is 24.1. The molecule has 7 heteroatoms. The third-order valence-electron chi connectivity index (χ3n) is 5.56. The molecule has 27 heavy (non-hydrogen) atoms. The standard InChI is InChI=1S/C20H30N4O3/c1-2-4-19(26)23-9-6-16(7-10-23)24-14-17(25)11-18(24)20(27)22-13-15-5-3-8-21-12-15/h3,5,8,12,16-18,25H,2,4,6-7,9-11,13-14H2,1H3,(H,22,27).